The highest BCUT2D eigenvalue weighted by Gasteiger charge is 2.56. The van der Waals surface area contributed by atoms with Gasteiger partial charge in [-0.3, -0.25) is 0 Å². The van der Waals surface area contributed by atoms with E-state index in [-0.39, 0.29) is 5.92 Å². The number of rotatable bonds is 1. The molecule has 0 spiro atoms. The maximum Gasteiger partial charge on any atom is 0.151 e. The summed E-state index contributed by atoms with van der Waals surface area (Å²) < 4.78 is 0. The van der Waals surface area contributed by atoms with Crippen molar-refractivity contribution >= 4 is 0 Å². The average molecular weight is 182 g/mol. The molecule has 1 aromatic carbocycles. The van der Waals surface area contributed by atoms with Gasteiger partial charge in [-0.05, 0) is 18.9 Å². The van der Waals surface area contributed by atoms with Crippen LogP contribution in [0.3, 0.4) is 0 Å². The van der Waals surface area contributed by atoms with Gasteiger partial charge < -0.3 is 0 Å². The molecule has 1 atom stereocenters. The molecule has 1 aliphatic carbocycles. The van der Waals surface area contributed by atoms with Crippen molar-refractivity contribution in [2.45, 2.75) is 19.3 Å². The molecule has 1 fully saturated rings. The van der Waals surface area contributed by atoms with E-state index in [4.69, 9.17) is 10.5 Å². The molecule has 0 saturated heterocycles. The van der Waals surface area contributed by atoms with Crippen LogP contribution in [0.15, 0.2) is 24.3 Å². The Balaban J connectivity index is 2.26. The SMILES string of the molecule is Cc1ccc(C2CC2(C#N)C#N)cc1. The molecule has 2 rings (SSSR count). The molecule has 0 aliphatic heterocycles. The Morgan fingerprint density at radius 2 is 1.79 bits per heavy atom. The summed E-state index contributed by atoms with van der Waals surface area (Å²) in [6.45, 7) is 2.03. The molecule has 0 N–H and O–H groups in total. The van der Waals surface area contributed by atoms with Crippen molar-refractivity contribution in [3.63, 3.8) is 0 Å². The second-order valence-corrected chi connectivity index (χ2v) is 3.86. The van der Waals surface area contributed by atoms with E-state index in [9.17, 15) is 0 Å². The number of hydrogen-bond donors (Lipinski definition) is 0. The summed E-state index contributed by atoms with van der Waals surface area (Å²) in [5.74, 6) is 0.123. The summed E-state index contributed by atoms with van der Waals surface area (Å²) in [5, 5.41) is 17.7. The zero-order valence-electron chi connectivity index (χ0n) is 7.99. The Morgan fingerprint density at radius 3 is 2.21 bits per heavy atom. The van der Waals surface area contributed by atoms with E-state index in [1.165, 1.54) is 5.56 Å². The molecule has 1 saturated carbocycles. The molecule has 0 amide bonds. The van der Waals surface area contributed by atoms with Gasteiger partial charge in [0, 0.05) is 5.92 Å². The van der Waals surface area contributed by atoms with E-state index < -0.39 is 5.41 Å². The molecule has 0 radical (unpaired) electrons. The minimum Gasteiger partial charge on any atom is -0.197 e. The fourth-order valence-corrected chi connectivity index (χ4v) is 1.74. The quantitative estimate of drug-likeness (QED) is 0.670. The fraction of sp³-hybridized carbons (Fsp3) is 0.333. The maximum atomic E-state index is 8.87. The van der Waals surface area contributed by atoms with Crippen molar-refractivity contribution < 1.29 is 0 Å². The van der Waals surface area contributed by atoms with Crippen LogP contribution in [0, 0.1) is 35.0 Å². The first kappa shape index (κ1) is 8.78. The number of aryl methyl sites for hydroxylation is 1. The van der Waals surface area contributed by atoms with Crippen LogP contribution in [-0.4, -0.2) is 0 Å². The van der Waals surface area contributed by atoms with Crippen molar-refractivity contribution in [1.29, 1.82) is 10.5 Å². The van der Waals surface area contributed by atoms with Gasteiger partial charge in [0.25, 0.3) is 0 Å². The van der Waals surface area contributed by atoms with Crippen LogP contribution in [0.25, 0.3) is 0 Å². The second kappa shape index (κ2) is 2.86. The standard InChI is InChI=1S/C12H10N2/c1-9-2-4-10(5-3-9)11-6-12(11,7-13)8-14/h2-5,11H,6H2,1H3. The fourth-order valence-electron chi connectivity index (χ4n) is 1.74. The zero-order chi connectivity index (χ0) is 10.2. The predicted octanol–water partition coefficient (Wildman–Crippen LogP) is 2.52. The van der Waals surface area contributed by atoms with Gasteiger partial charge >= 0.3 is 0 Å². The lowest BCUT2D eigenvalue weighted by molar-refractivity contribution is 0.841. The third-order valence-corrected chi connectivity index (χ3v) is 2.84. The number of benzene rings is 1. The minimum absolute atomic E-state index is 0.123. The molecule has 1 aliphatic rings. The summed E-state index contributed by atoms with van der Waals surface area (Å²) in [6.07, 6.45) is 0.684. The number of hydrogen-bond acceptors (Lipinski definition) is 2. The molecule has 1 aromatic rings. The van der Waals surface area contributed by atoms with Crippen molar-refractivity contribution in [3.05, 3.63) is 35.4 Å². The van der Waals surface area contributed by atoms with Crippen molar-refractivity contribution in [2.24, 2.45) is 5.41 Å². The lowest BCUT2D eigenvalue weighted by Crippen LogP contribution is -1.95. The molecule has 2 heteroatoms. The Bertz CT molecular complexity index is 417. The van der Waals surface area contributed by atoms with Crippen molar-refractivity contribution in [3.8, 4) is 12.1 Å². The van der Waals surface area contributed by atoms with Gasteiger partial charge in [-0.2, -0.15) is 10.5 Å². The monoisotopic (exact) mass is 182 g/mol. The van der Waals surface area contributed by atoms with Gasteiger partial charge in [0.05, 0.1) is 12.1 Å². The topological polar surface area (TPSA) is 47.6 Å². The smallest absolute Gasteiger partial charge is 0.151 e. The zero-order valence-corrected chi connectivity index (χ0v) is 7.99. The van der Waals surface area contributed by atoms with Gasteiger partial charge in [-0.1, -0.05) is 29.8 Å². The Kier molecular flexibility index (Phi) is 1.79. The first-order valence-electron chi connectivity index (χ1n) is 4.61. The van der Waals surface area contributed by atoms with Crippen LogP contribution in [0.1, 0.15) is 23.5 Å². The molecular weight excluding hydrogens is 172 g/mol. The number of nitrogens with zero attached hydrogens (tertiary/aromatic N) is 2. The minimum atomic E-state index is -0.741. The molecule has 0 aromatic heterocycles. The normalized spacial score (nSPS) is 22.1. The molecule has 68 valence electrons. The van der Waals surface area contributed by atoms with E-state index in [2.05, 4.69) is 12.1 Å². The molecule has 0 heterocycles. The van der Waals surface area contributed by atoms with E-state index in [1.807, 2.05) is 31.2 Å². The Morgan fingerprint density at radius 1 is 1.21 bits per heavy atom. The van der Waals surface area contributed by atoms with Gasteiger partial charge in [-0.15, -0.1) is 0 Å². The van der Waals surface area contributed by atoms with E-state index in [1.54, 1.807) is 0 Å². The third-order valence-electron chi connectivity index (χ3n) is 2.84. The molecule has 2 nitrogen and oxygen atoms in total. The second-order valence-electron chi connectivity index (χ2n) is 3.86. The lowest BCUT2D eigenvalue weighted by atomic mass is 10.0. The van der Waals surface area contributed by atoms with Crippen LogP contribution in [-0.2, 0) is 0 Å². The maximum absolute atomic E-state index is 8.87. The largest absolute Gasteiger partial charge is 0.197 e. The van der Waals surface area contributed by atoms with E-state index in [0.717, 1.165) is 5.56 Å². The summed E-state index contributed by atoms with van der Waals surface area (Å²) in [6, 6.07) is 12.3. The van der Waals surface area contributed by atoms with Crippen molar-refractivity contribution in [1.82, 2.24) is 0 Å². The summed E-state index contributed by atoms with van der Waals surface area (Å²) >= 11 is 0. The summed E-state index contributed by atoms with van der Waals surface area (Å²) in [5.41, 5.74) is 1.57. The highest BCUT2D eigenvalue weighted by molar-refractivity contribution is 5.41. The summed E-state index contributed by atoms with van der Waals surface area (Å²) in [4.78, 5) is 0. The average Bonchev–Trinajstić information content (AvgIpc) is 2.94. The van der Waals surface area contributed by atoms with E-state index >= 15 is 0 Å². The first-order valence-corrected chi connectivity index (χ1v) is 4.61. The van der Waals surface area contributed by atoms with Gasteiger partial charge in [0.2, 0.25) is 0 Å². The Hall–Kier alpha value is -1.80. The van der Waals surface area contributed by atoms with Crippen LogP contribution in [0.2, 0.25) is 0 Å². The van der Waals surface area contributed by atoms with Crippen LogP contribution >= 0.6 is 0 Å². The highest BCUT2D eigenvalue weighted by atomic mass is 14.6. The van der Waals surface area contributed by atoms with Gasteiger partial charge in [0.15, 0.2) is 5.41 Å². The molecule has 0 bridgehead atoms. The van der Waals surface area contributed by atoms with Gasteiger partial charge in [0.1, 0.15) is 0 Å². The number of nitriles is 2. The van der Waals surface area contributed by atoms with Crippen LogP contribution in [0.4, 0.5) is 0 Å². The summed E-state index contributed by atoms with van der Waals surface area (Å²) in [7, 11) is 0. The molecule has 1 unspecified atom stereocenters. The van der Waals surface area contributed by atoms with Gasteiger partial charge in [-0.25, -0.2) is 0 Å². The highest BCUT2D eigenvalue weighted by Crippen LogP contribution is 2.58. The van der Waals surface area contributed by atoms with Crippen LogP contribution in [0.5, 0.6) is 0 Å². The first-order chi connectivity index (χ1) is 6.72. The predicted molar refractivity (Wildman–Crippen MR) is 52.2 cm³/mol. The van der Waals surface area contributed by atoms with Crippen molar-refractivity contribution in [2.75, 3.05) is 0 Å². The van der Waals surface area contributed by atoms with Crippen LogP contribution < -0.4 is 0 Å². The third kappa shape index (κ3) is 1.17. The Labute approximate surface area is 83.4 Å². The molecule has 14 heavy (non-hydrogen) atoms. The van der Waals surface area contributed by atoms with E-state index in [0.29, 0.717) is 6.42 Å². The molecular formula is C12H10N2. The lowest BCUT2D eigenvalue weighted by Gasteiger charge is -2.00.